The summed E-state index contributed by atoms with van der Waals surface area (Å²) in [4.78, 5) is 9.08. The van der Waals surface area contributed by atoms with Gasteiger partial charge >= 0.3 is 0 Å². The molecule has 0 aliphatic carbocycles. The van der Waals surface area contributed by atoms with Crippen molar-refractivity contribution >= 4 is 11.2 Å². The Morgan fingerprint density at radius 2 is 2.09 bits per heavy atom. The lowest BCUT2D eigenvalue weighted by molar-refractivity contribution is 0.0155. The number of rotatable bonds is 3. The van der Waals surface area contributed by atoms with Crippen LogP contribution < -0.4 is 0 Å². The molecule has 1 saturated heterocycles. The van der Waals surface area contributed by atoms with Gasteiger partial charge < -0.3 is 4.74 Å². The van der Waals surface area contributed by atoms with Crippen LogP contribution in [0.1, 0.15) is 25.1 Å². The van der Waals surface area contributed by atoms with Crippen LogP contribution in [0.3, 0.4) is 0 Å². The maximum Gasteiger partial charge on any atom is 0.164 e. The lowest BCUT2D eigenvalue weighted by Crippen LogP contribution is -2.23. The SMILES string of the molecule is Fc1ccccc1-n1c(CC2CCCCO2)nc2cccnc21. The highest BCUT2D eigenvalue weighted by atomic mass is 19.1. The summed E-state index contributed by atoms with van der Waals surface area (Å²) in [6.07, 6.45) is 5.83. The summed E-state index contributed by atoms with van der Waals surface area (Å²) in [5, 5.41) is 0. The van der Waals surface area contributed by atoms with Crippen molar-refractivity contribution in [3.8, 4) is 5.69 Å². The van der Waals surface area contributed by atoms with Crippen molar-refractivity contribution in [3.05, 3.63) is 54.2 Å². The molecule has 23 heavy (non-hydrogen) atoms. The second kappa shape index (κ2) is 6.08. The smallest absolute Gasteiger partial charge is 0.164 e. The second-order valence-electron chi connectivity index (χ2n) is 5.85. The van der Waals surface area contributed by atoms with E-state index in [4.69, 9.17) is 4.74 Å². The molecule has 0 radical (unpaired) electrons. The number of nitrogens with zero attached hydrogens (tertiary/aromatic N) is 3. The maximum absolute atomic E-state index is 14.3. The number of fused-ring (bicyclic) bond motifs is 1. The molecule has 4 rings (SSSR count). The first-order valence-electron chi connectivity index (χ1n) is 8.02. The van der Waals surface area contributed by atoms with Gasteiger partial charge in [0, 0.05) is 19.2 Å². The maximum atomic E-state index is 14.3. The number of hydrogen-bond donors (Lipinski definition) is 0. The van der Waals surface area contributed by atoms with Crippen molar-refractivity contribution in [1.82, 2.24) is 14.5 Å². The summed E-state index contributed by atoms with van der Waals surface area (Å²) < 4.78 is 22.0. The second-order valence-corrected chi connectivity index (χ2v) is 5.85. The van der Waals surface area contributed by atoms with Crippen LogP contribution in [0, 0.1) is 5.82 Å². The average Bonchev–Trinajstić information content (AvgIpc) is 2.94. The number of hydrogen-bond acceptors (Lipinski definition) is 3. The molecule has 0 amide bonds. The van der Waals surface area contributed by atoms with Crippen LogP contribution >= 0.6 is 0 Å². The van der Waals surface area contributed by atoms with Gasteiger partial charge in [0.2, 0.25) is 0 Å². The molecule has 3 heterocycles. The fourth-order valence-electron chi connectivity index (χ4n) is 3.15. The third-order valence-corrected chi connectivity index (χ3v) is 4.26. The van der Waals surface area contributed by atoms with E-state index in [9.17, 15) is 4.39 Å². The highest BCUT2D eigenvalue weighted by Crippen LogP contribution is 2.25. The lowest BCUT2D eigenvalue weighted by atomic mass is 10.1. The Kier molecular flexibility index (Phi) is 3.79. The summed E-state index contributed by atoms with van der Waals surface area (Å²) in [6.45, 7) is 0.794. The molecule has 1 unspecified atom stereocenters. The van der Waals surface area contributed by atoms with E-state index in [-0.39, 0.29) is 11.9 Å². The Labute approximate surface area is 133 Å². The molecule has 3 aromatic rings. The van der Waals surface area contributed by atoms with Gasteiger partial charge in [-0.25, -0.2) is 14.4 Å². The van der Waals surface area contributed by atoms with Crippen molar-refractivity contribution in [2.45, 2.75) is 31.8 Å². The Bertz CT molecular complexity index is 824. The Balaban J connectivity index is 1.83. The van der Waals surface area contributed by atoms with Crippen molar-refractivity contribution in [2.75, 3.05) is 6.61 Å². The molecule has 118 valence electrons. The van der Waals surface area contributed by atoms with E-state index in [1.807, 2.05) is 22.8 Å². The molecular formula is C18H18FN3O. The molecule has 0 bridgehead atoms. The molecular weight excluding hydrogens is 293 g/mol. The molecule has 1 aromatic carbocycles. The average molecular weight is 311 g/mol. The quantitative estimate of drug-likeness (QED) is 0.741. The highest BCUT2D eigenvalue weighted by Gasteiger charge is 2.21. The number of para-hydroxylation sites is 1. The van der Waals surface area contributed by atoms with E-state index in [1.165, 1.54) is 12.5 Å². The molecule has 1 aliphatic rings. The minimum absolute atomic E-state index is 0.145. The third-order valence-electron chi connectivity index (χ3n) is 4.26. The number of pyridine rings is 1. The van der Waals surface area contributed by atoms with E-state index in [0.29, 0.717) is 17.8 Å². The first kappa shape index (κ1) is 14.3. The predicted molar refractivity (Wildman–Crippen MR) is 86.1 cm³/mol. The molecule has 4 nitrogen and oxygen atoms in total. The first-order valence-corrected chi connectivity index (χ1v) is 8.02. The van der Waals surface area contributed by atoms with E-state index in [2.05, 4.69) is 9.97 Å². The standard InChI is InChI=1S/C18H18FN3O/c19-14-7-1-2-9-16(14)22-17(12-13-6-3-4-11-23-13)21-15-8-5-10-20-18(15)22/h1-2,5,7-10,13H,3-4,6,11-12H2. The van der Waals surface area contributed by atoms with Gasteiger partial charge in [0.1, 0.15) is 17.2 Å². The van der Waals surface area contributed by atoms with Crippen molar-refractivity contribution in [1.29, 1.82) is 0 Å². The van der Waals surface area contributed by atoms with E-state index < -0.39 is 0 Å². The van der Waals surface area contributed by atoms with E-state index in [1.54, 1.807) is 18.3 Å². The molecule has 1 atom stereocenters. The Morgan fingerprint density at radius 3 is 2.91 bits per heavy atom. The molecule has 5 heteroatoms. The summed E-state index contributed by atoms with van der Waals surface area (Å²) in [5.74, 6) is 0.527. The fraction of sp³-hybridized carbons (Fsp3) is 0.333. The monoisotopic (exact) mass is 311 g/mol. The van der Waals surface area contributed by atoms with Gasteiger partial charge in [0.15, 0.2) is 5.65 Å². The van der Waals surface area contributed by atoms with Crippen LogP contribution in [-0.2, 0) is 11.2 Å². The van der Waals surface area contributed by atoms with Crippen LogP contribution in [0.25, 0.3) is 16.9 Å². The van der Waals surface area contributed by atoms with Crippen LogP contribution in [0.2, 0.25) is 0 Å². The van der Waals surface area contributed by atoms with E-state index >= 15 is 0 Å². The summed E-state index contributed by atoms with van der Waals surface area (Å²) >= 11 is 0. The number of ether oxygens (including phenoxy) is 1. The minimum Gasteiger partial charge on any atom is -0.378 e. The molecule has 0 N–H and O–H groups in total. The van der Waals surface area contributed by atoms with Crippen molar-refractivity contribution in [3.63, 3.8) is 0 Å². The van der Waals surface area contributed by atoms with Gasteiger partial charge in [-0.1, -0.05) is 12.1 Å². The van der Waals surface area contributed by atoms with E-state index in [0.717, 1.165) is 30.8 Å². The highest BCUT2D eigenvalue weighted by molar-refractivity contribution is 5.73. The zero-order valence-corrected chi connectivity index (χ0v) is 12.8. The molecule has 0 spiro atoms. The zero-order chi connectivity index (χ0) is 15.6. The predicted octanol–water partition coefficient (Wildman–Crippen LogP) is 3.67. The number of aromatic nitrogens is 3. The lowest BCUT2D eigenvalue weighted by Gasteiger charge is -2.22. The van der Waals surface area contributed by atoms with Gasteiger partial charge in [0.05, 0.1) is 11.8 Å². The molecule has 1 aliphatic heterocycles. The van der Waals surface area contributed by atoms with Gasteiger partial charge in [-0.15, -0.1) is 0 Å². The zero-order valence-electron chi connectivity index (χ0n) is 12.8. The van der Waals surface area contributed by atoms with Crippen LogP contribution in [0.15, 0.2) is 42.6 Å². The Morgan fingerprint density at radius 1 is 1.17 bits per heavy atom. The number of halogens is 1. The van der Waals surface area contributed by atoms with Gasteiger partial charge in [-0.3, -0.25) is 4.57 Å². The van der Waals surface area contributed by atoms with Gasteiger partial charge in [-0.05, 0) is 43.5 Å². The van der Waals surface area contributed by atoms with Gasteiger partial charge in [0.25, 0.3) is 0 Å². The molecule has 1 fully saturated rings. The normalized spacial score (nSPS) is 18.4. The minimum atomic E-state index is -0.275. The topological polar surface area (TPSA) is 39.9 Å². The number of benzene rings is 1. The van der Waals surface area contributed by atoms with Crippen LogP contribution in [-0.4, -0.2) is 27.2 Å². The Hall–Kier alpha value is -2.27. The van der Waals surface area contributed by atoms with Crippen molar-refractivity contribution < 1.29 is 9.13 Å². The van der Waals surface area contributed by atoms with Crippen LogP contribution in [0.5, 0.6) is 0 Å². The molecule has 2 aromatic heterocycles. The first-order chi connectivity index (χ1) is 11.3. The summed E-state index contributed by atoms with van der Waals surface area (Å²) in [7, 11) is 0. The van der Waals surface area contributed by atoms with Crippen molar-refractivity contribution in [2.24, 2.45) is 0 Å². The fourth-order valence-corrected chi connectivity index (χ4v) is 3.15. The third kappa shape index (κ3) is 2.72. The van der Waals surface area contributed by atoms with Crippen LogP contribution in [0.4, 0.5) is 4.39 Å². The molecule has 0 saturated carbocycles. The largest absolute Gasteiger partial charge is 0.378 e. The van der Waals surface area contributed by atoms with Gasteiger partial charge in [-0.2, -0.15) is 0 Å². The summed E-state index contributed by atoms with van der Waals surface area (Å²) in [5.41, 5.74) is 1.95. The number of imidazole rings is 1. The summed E-state index contributed by atoms with van der Waals surface area (Å²) in [6, 6.07) is 10.5.